The van der Waals surface area contributed by atoms with E-state index >= 15 is 0 Å². The number of rotatable bonds is 6. The van der Waals surface area contributed by atoms with Gasteiger partial charge in [0.15, 0.2) is 0 Å². The lowest BCUT2D eigenvalue weighted by molar-refractivity contribution is -0.137. The average molecular weight is 414 g/mol. The summed E-state index contributed by atoms with van der Waals surface area (Å²) in [6.45, 7) is 3.35. The van der Waals surface area contributed by atoms with E-state index in [1.807, 2.05) is 0 Å². The van der Waals surface area contributed by atoms with Crippen LogP contribution in [0.5, 0.6) is 0 Å². The number of benzene rings is 1. The number of carbonyl (C=O) groups is 1. The fourth-order valence-corrected chi connectivity index (χ4v) is 2.65. The van der Waals surface area contributed by atoms with Crippen molar-refractivity contribution >= 4 is 28.2 Å². The van der Waals surface area contributed by atoms with Crippen molar-refractivity contribution < 1.29 is 23.1 Å². The molecule has 2 aromatic heterocycles. The predicted molar refractivity (Wildman–Crippen MR) is 108 cm³/mol. The fourth-order valence-electron chi connectivity index (χ4n) is 2.65. The van der Waals surface area contributed by atoms with Gasteiger partial charge in [0.2, 0.25) is 0 Å². The second kappa shape index (κ2) is 8.64. The summed E-state index contributed by atoms with van der Waals surface area (Å²) >= 11 is 0. The van der Waals surface area contributed by atoms with Crippen molar-refractivity contribution in [2.24, 2.45) is 0 Å². The first-order valence-corrected chi connectivity index (χ1v) is 8.76. The SMILES string of the molecule is C=C/C=C(\O)CNC(=O)c1ccc2cncc(Nc3cccc(C(F)(F)F)c3)c2n1. The molecule has 1 amide bonds. The van der Waals surface area contributed by atoms with Gasteiger partial charge < -0.3 is 15.7 Å². The third-order valence-corrected chi connectivity index (χ3v) is 4.04. The number of nitrogens with zero attached hydrogens (tertiary/aromatic N) is 2. The van der Waals surface area contributed by atoms with Gasteiger partial charge in [-0.05, 0) is 36.4 Å². The molecule has 0 saturated heterocycles. The van der Waals surface area contributed by atoms with Crippen LogP contribution in [0.4, 0.5) is 24.5 Å². The van der Waals surface area contributed by atoms with Gasteiger partial charge in [-0.15, -0.1) is 0 Å². The average Bonchev–Trinajstić information content (AvgIpc) is 2.72. The standard InChI is InChI=1S/C21H17F3N4O2/c1-2-4-16(29)11-26-20(30)17-8-7-13-10-25-12-18(19(13)28-17)27-15-6-3-5-14(9-15)21(22,23)24/h2-10,12,27,29H,1,11H2,(H,26,30)/b16-4-. The van der Waals surface area contributed by atoms with Crippen LogP contribution in [-0.4, -0.2) is 27.5 Å². The second-order valence-electron chi connectivity index (χ2n) is 6.24. The predicted octanol–water partition coefficient (Wildman–Crippen LogP) is 4.75. The maximum absolute atomic E-state index is 13.0. The molecule has 0 spiro atoms. The Kier molecular flexibility index (Phi) is 6.01. The number of amides is 1. The topological polar surface area (TPSA) is 87.1 Å². The molecule has 1 aromatic carbocycles. The van der Waals surface area contributed by atoms with Gasteiger partial charge in [0.25, 0.3) is 5.91 Å². The van der Waals surface area contributed by atoms with E-state index in [9.17, 15) is 23.1 Å². The van der Waals surface area contributed by atoms with Gasteiger partial charge in [0.05, 0.1) is 29.5 Å². The van der Waals surface area contributed by atoms with Crippen LogP contribution in [0.15, 0.2) is 73.3 Å². The molecule has 2 heterocycles. The first kappa shape index (κ1) is 20.8. The molecule has 0 fully saturated rings. The minimum Gasteiger partial charge on any atom is -0.510 e. The molecule has 6 nitrogen and oxygen atoms in total. The largest absolute Gasteiger partial charge is 0.510 e. The molecule has 0 radical (unpaired) electrons. The second-order valence-corrected chi connectivity index (χ2v) is 6.24. The van der Waals surface area contributed by atoms with Crippen LogP contribution in [0.3, 0.4) is 0 Å². The van der Waals surface area contributed by atoms with Crippen molar-refractivity contribution in [3.63, 3.8) is 0 Å². The Labute approximate surface area is 169 Å². The van der Waals surface area contributed by atoms with Crippen molar-refractivity contribution in [3.8, 4) is 0 Å². The monoisotopic (exact) mass is 414 g/mol. The third-order valence-electron chi connectivity index (χ3n) is 4.04. The van der Waals surface area contributed by atoms with Crippen LogP contribution in [0.2, 0.25) is 0 Å². The van der Waals surface area contributed by atoms with Crippen molar-refractivity contribution in [1.82, 2.24) is 15.3 Å². The van der Waals surface area contributed by atoms with Gasteiger partial charge in [-0.1, -0.05) is 18.7 Å². The molecule has 3 aromatic rings. The number of pyridine rings is 2. The summed E-state index contributed by atoms with van der Waals surface area (Å²) in [7, 11) is 0. The molecule has 0 saturated carbocycles. The van der Waals surface area contributed by atoms with Gasteiger partial charge in [-0.2, -0.15) is 13.2 Å². The summed E-state index contributed by atoms with van der Waals surface area (Å²) in [5.74, 6) is -0.599. The zero-order valence-corrected chi connectivity index (χ0v) is 15.6. The number of aliphatic hydroxyl groups is 1. The van der Waals surface area contributed by atoms with Crippen molar-refractivity contribution in [3.05, 3.63) is 84.5 Å². The molecule has 154 valence electrons. The molecular formula is C21H17F3N4O2. The lowest BCUT2D eigenvalue weighted by Crippen LogP contribution is -2.26. The van der Waals surface area contributed by atoms with Crippen LogP contribution >= 0.6 is 0 Å². The van der Waals surface area contributed by atoms with E-state index in [0.717, 1.165) is 12.1 Å². The zero-order chi connectivity index (χ0) is 21.7. The molecule has 0 aliphatic heterocycles. The number of halogens is 3. The molecule has 9 heteroatoms. The summed E-state index contributed by atoms with van der Waals surface area (Å²) < 4.78 is 38.9. The maximum atomic E-state index is 13.0. The number of nitrogens with one attached hydrogen (secondary N) is 2. The van der Waals surface area contributed by atoms with Crippen molar-refractivity contribution in [2.75, 3.05) is 11.9 Å². The molecule has 0 aliphatic rings. The minimum atomic E-state index is -4.47. The van der Waals surface area contributed by atoms with E-state index in [0.29, 0.717) is 16.6 Å². The van der Waals surface area contributed by atoms with Crippen molar-refractivity contribution in [1.29, 1.82) is 0 Å². The number of hydrogen-bond donors (Lipinski definition) is 3. The highest BCUT2D eigenvalue weighted by atomic mass is 19.4. The molecule has 0 atom stereocenters. The van der Waals surface area contributed by atoms with E-state index < -0.39 is 17.6 Å². The number of aromatic nitrogens is 2. The van der Waals surface area contributed by atoms with Crippen molar-refractivity contribution in [2.45, 2.75) is 6.18 Å². The van der Waals surface area contributed by atoms with Crippen LogP contribution < -0.4 is 10.6 Å². The minimum absolute atomic E-state index is 0.0739. The number of carbonyl (C=O) groups excluding carboxylic acids is 1. The summed E-state index contributed by atoms with van der Waals surface area (Å²) in [5.41, 5.74) is 0.195. The lowest BCUT2D eigenvalue weighted by Gasteiger charge is -2.12. The first-order chi connectivity index (χ1) is 14.3. The Balaban J connectivity index is 1.89. The summed E-state index contributed by atoms with van der Waals surface area (Å²) in [4.78, 5) is 20.7. The molecule has 0 aliphatic carbocycles. The normalized spacial score (nSPS) is 11.9. The number of aliphatic hydroxyl groups excluding tert-OH is 1. The maximum Gasteiger partial charge on any atom is 0.416 e. The zero-order valence-electron chi connectivity index (χ0n) is 15.6. The molecule has 30 heavy (non-hydrogen) atoms. The van der Waals surface area contributed by atoms with Gasteiger partial charge in [0, 0.05) is 17.3 Å². The Hall–Kier alpha value is -3.88. The smallest absolute Gasteiger partial charge is 0.416 e. The molecular weight excluding hydrogens is 397 g/mol. The van der Waals surface area contributed by atoms with E-state index in [2.05, 4.69) is 27.2 Å². The highest BCUT2D eigenvalue weighted by molar-refractivity contribution is 5.98. The summed E-state index contributed by atoms with van der Waals surface area (Å²) in [6.07, 6.45) is 1.20. The molecule has 3 N–H and O–H groups in total. The highest BCUT2D eigenvalue weighted by Gasteiger charge is 2.30. The van der Waals surface area contributed by atoms with Gasteiger partial charge >= 0.3 is 6.18 Å². The molecule has 0 unspecified atom stereocenters. The van der Waals surface area contributed by atoms with Gasteiger partial charge in [-0.25, -0.2) is 4.98 Å². The molecule has 0 bridgehead atoms. The fraction of sp³-hybridized carbons (Fsp3) is 0.0952. The number of anilines is 2. The van der Waals surface area contributed by atoms with Crippen LogP contribution in [0, 0.1) is 0 Å². The summed E-state index contributed by atoms with van der Waals surface area (Å²) in [5, 5.41) is 15.5. The number of hydrogen-bond acceptors (Lipinski definition) is 5. The van der Waals surface area contributed by atoms with E-state index in [1.165, 1.54) is 42.7 Å². The third kappa shape index (κ3) is 4.93. The Morgan fingerprint density at radius 3 is 2.73 bits per heavy atom. The van der Waals surface area contributed by atoms with Crippen LogP contribution in [0.25, 0.3) is 10.9 Å². The Morgan fingerprint density at radius 1 is 1.20 bits per heavy atom. The Bertz CT molecular complexity index is 1130. The number of allylic oxidation sites excluding steroid dienone is 2. The van der Waals surface area contributed by atoms with E-state index in [1.54, 1.807) is 6.07 Å². The summed E-state index contributed by atoms with van der Waals surface area (Å²) in [6, 6.07) is 7.84. The number of alkyl halides is 3. The Morgan fingerprint density at radius 2 is 2.00 bits per heavy atom. The molecule has 3 rings (SSSR count). The van der Waals surface area contributed by atoms with Gasteiger partial charge in [-0.3, -0.25) is 9.78 Å². The van der Waals surface area contributed by atoms with Crippen LogP contribution in [0.1, 0.15) is 16.1 Å². The lowest BCUT2D eigenvalue weighted by atomic mass is 10.1. The van der Waals surface area contributed by atoms with E-state index in [-0.39, 0.29) is 23.7 Å². The number of fused-ring (bicyclic) bond motifs is 1. The quantitative estimate of drug-likeness (QED) is 0.400. The first-order valence-electron chi connectivity index (χ1n) is 8.76. The van der Waals surface area contributed by atoms with Crippen LogP contribution in [-0.2, 0) is 6.18 Å². The van der Waals surface area contributed by atoms with Gasteiger partial charge in [0.1, 0.15) is 11.5 Å². The highest BCUT2D eigenvalue weighted by Crippen LogP contribution is 2.32. The van der Waals surface area contributed by atoms with E-state index in [4.69, 9.17) is 0 Å².